The molecule has 2 saturated heterocycles. The van der Waals surface area contributed by atoms with Gasteiger partial charge in [-0.15, -0.1) is 0 Å². The number of rotatable bonds is 5. The maximum Gasteiger partial charge on any atom is 0.255 e. The Morgan fingerprint density at radius 2 is 1.84 bits per heavy atom. The molecule has 49 heavy (non-hydrogen) atoms. The second kappa shape index (κ2) is 11.2. The Bertz CT molecular complexity index is 1450. The second-order valence-corrected chi connectivity index (χ2v) is 19.1. The average Bonchev–Trinajstić information content (AvgIpc) is 3.70. The summed E-state index contributed by atoms with van der Waals surface area (Å²) in [5.74, 6) is 1.43. The predicted octanol–water partition coefficient (Wildman–Crippen LogP) is 5.21. The molecule has 4 unspecified atom stereocenters. The van der Waals surface area contributed by atoms with Crippen LogP contribution >= 0.6 is 0 Å². The van der Waals surface area contributed by atoms with E-state index in [1.54, 1.807) is 32.3 Å². The van der Waals surface area contributed by atoms with Gasteiger partial charge in [0.05, 0.1) is 48.7 Å². The Morgan fingerprint density at radius 3 is 2.55 bits per heavy atom. The summed E-state index contributed by atoms with van der Waals surface area (Å²) in [6.45, 7) is 16.7. The summed E-state index contributed by atoms with van der Waals surface area (Å²) in [4.78, 5) is 19.2. The fraction of sp³-hybridized carbons (Fsp3) is 0.850. The number of aliphatic hydroxyl groups excluding tert-OH is 2. The summed E-state index contributed by atoms with van der Waals surface area (Å²) in [6.07, 6.45) is 9.07. The number of amides is 1. The molecule has 3 N–H and O–H groups in total. The zero-order chi connectivity index (χ0) is 34.9. The Labute approximate surface area is 292 Å². The van der Waals surface area contributed by atoms with Gasteiger partial charge in [-0.3, -0.25) is 9.78 Å². The molecule has 7 aliphatic rings. The van der Waals surface area contributed by atoms with Gasteiger partial charge >= 0.3 is 0 Å². The summed E-state index contributed by atoms with van der Waals surface area (Å²) in [5.41, 5.74) is -0.567. The highest BCUT2D eigenvalue weighted by Crippen LogP contribution is 2.89. The summed E-state index contributed by atoms with van der Waals surface area (Å²) in [7, 11) is 0. The molecule has 8 rings (SSSR count). The number of hydrogen-bond donors (Lipinski definition) is 3. The first-order valence-corrected chi connectivity index (χ1v) is 19.2. The predicted molar refractivity (Wildman–Crippen MR) is 183 cm³/mol. The molecular formula is C40H60N2O7. The van der Waals surface area contributed by atoms with E-state index < -0.39 is 30.2 Å². The van der Waals surface area contributed by atoms with E-state index in [0.717, 1.165) is 32.1 Å². The van der Waals surface area contributed by atoms with E-state index in [9.17, 15) is 20.1 Å². The summed E-state index contributed by atoms with van der Waals surface area (Å²) in [6, 6.07) is 3.61. The Hall–Kier alpha value is -1.62. The monoisotopic (exact) mass is 680 g/mol. The number of hydrogen-bond acceptors (Lipinski definition) is 8. The average molecular weight is 681 g/mol. The van der Waals surface area contributed by atoms with Gasteiger partial charge in [-0.05, 0) is 123 Å². The molecule has 0 radical (unpaired) electrons. The van der Waals surface area contributed by atoms with Crippen molar-refractivity contribution < 1.29 is 34.3 Å². The highest BCUT2D eigenvalue weighted by molar-refractivity contribution is 5.93. The number of nitrogens with zero attached hydrogens (tertiary/aromatic N) is 2. The summed E-state index contributed by atoms with van der Waals surface area (Å²) >= 11 is 0. The lowest BCUT2D eigenvalue weighted by molar-refractivity contribution is -0.245. The highest BCUT2D eigenvalue weighted by atomic mass is 16.7. The first-order valence-electron chi connectivity index (χ1n) is 19.2. The molecule has 5 saturated carbocycles. The number of carbonyl (C=O) groups excluding carboxylic acids is 1. The van der Waals surface area contributed by atoms with Crippen LogP contribution in [0.5, 0.6) is 0 Å². The standard InChI is InChI=1S/C40H60N2O7/c1-23-19-25(32(43)36(4,5)46)48-31-30(23)37(6)14-15-40-22-39(40)13-12-28(35(2,3)26(39)10-11-27(40)38(37,7)33(31)44)49-29-21-42(17-18-47-29)34(45)24-9-8-16-41-20-24/h8-9,16,20,23,25-33,43-44,46H,10-15,17-19,21-22H2,1-7H3/t23-,25-,26+,27+,28?,29?,30?,31+,32+,33+,37-,38-,39?,40+/m1/s1. The largest absolute Gasteiger partial charge is 0.390 e. The first kappa shape index (κ1) is 34.5. The van der Waals surface area contributed by atoms with Crippen LogP contribution in [-0.2, 0) is 14.2 Å². The summed E-state index contributed by atoms with van der Waals surface area (Å²) in [5, 5.41) is 34.2. The van der Waals surface area contributed by atoms with E-state index >= 15 is 0 Å². The maximum absolute atomic E-state index is 13.2. The zero-order valence-corrected chi connectivity index (χ0v) is 30.7. The zero-order valence-electron chi connectivity index (χ0n) is 30.7. The third-order valence-electron chi connectivity index (χ3n) is 16.4. The van der Waals surface area contributed by atoms with Crippen LogP contribution in [0.4, 0.5) is 0 Å². The van der Waals surface area contributed by atoms with E-state index in [1.165, 1.54) is 12.8 Å². The topological polar surface area (TPSA) is 122 Å². The molecule has 1 aromatic rings. The molecule has 14 atom stereocenters. The maximum atomic E-state index is 13.2. The lowest BCUT2D eigenvalue weighted by atomic mass is 9.41. The van der Waals surface area contributed by atoms with Crippen LogP contribution < -0.4 is 0 Å². The third-order valence-corrected chi connectivity index (χ3v) is 16.4. The molecular weight excluding hydrogens is 620 g/mol. The van der Waals surface area contributed by atoms with E-state index in [-0.39, 0.29) is 57.0 Å². The van der Waals surface area contributed by atoms with Crippen molar-refractivity contribution in [2.24, 2.45) is 50.7 Å². The quantitative estimate of drug-likeness (QED) is 0.388. The molecule has 2 aliphatic heterocycles. The number of ether oxygens (including phenoxy) is 3. The summed E-state index contributed by atoms with van der Waals surface area (Å²) < 4.78 is 19.6. The Morgan fingerprint density at radius 1 is 1.10 bits per heavy atom. The van der Waals surface area contributed by atoms with E-state index in [0.29, 0.717) is 43.5 Å². The smallest absolute Gasteiger partial charge is 0.255 e. The van der Waals surface area contributed by atoms with Gasteiger partial charge in [-0.1, -0.05) is 34.6 Å². The van der Waals surface area contributed by atoms with Crippen LogP contribution in [0, 0.1) is 50.7 Å². The van der Waals surface area contributed by atoms with Crippen LogP contribution in [0.1, 0.15) is 110 Å². The van der Waals surface area contributed by atoms with Crippen molar-refractivity contribution in [1.29, 1.82) is 0 Å². The Kier molecular flexibility index (Phi) is 7.87. The van der Waals surface area contributed by atoms with Crippen molar-refractivity contribution in [2.45, 2.75) is 142 Å². The molecule has 9 nitrogen and oxygen atoms in total. The normalized spacial score (nSPS) is 49.1. The molecule has 7 fully saturated rings. The molecule has 9 heteroatoms. The Balaban J connectivity index is 1.00. The van der Waals surface area contributed by atoms with Gasteiger partial charge in [0.1, 0.15) is 6.10 Å². The van der Waals surface area contributed by atoms with Crippen LogP contribution in [0.2, 0.25) is 0 Å². The minimum Gasteiger partial charge on any atom is -0.390 e. The number of aromatic nitrogens is 1. The van der Waals surface area contributed by atoms with Crippen molar-refractivity contribution in [3.63, 3.8) is 0 Å². The second-order valence-electron chi connectivity index (χ2n) is 19.1. The molecule has 272 valence electrons. The van der Waals surface area contributed by atoms with E-state index in [2.05, 4.69) is 39.6 Å². The van der Waals surface area contributed by atoms with E-state index in [4.69, 9.17) is 14.2 Å². The molecule has 1 aromatic heterocycles. The number of fused-ring (bicyclic) bond motifs is 4. The van der Waals surface area contributed by atoms with Crippen molar-refractivity contribution in [3.8, 4) is 0 Å². The lowest BCUT2D eigenvalue weighted by Gasteiger charge is -2.64. The van der Waals surface area contributed by atoms with Crippen molar-refractivity contribution in [3.05, 3.63) is 30.1 Å². The van der Waals surface area contributed by atoms with Gasteiger partial charge in [-0.2, -0.15) is 0 Å². The van der Waals surface area contributed by atoms with E-state index in [1.807, 2.05) is 11.0 Å². The van der Waals surface area contributed by atoms with Crippen LogP contribution in [0.25, 0.3) is 0 Å². The van der Waals surface area contributed by atoms with Crippen molar-refractivity contribution in [1.82, 2.24) is 9.88 Å². The minimum atomic E-state index is -1.26. The molecule has 3 heterocycles. The van der Waals surface area contributed by atoms with Crippen molar-refractivity contribution in [2.75, 3.05) is 19.7 Å². The first-order chi connectivity index (χ1) is 23.0. The SMILES string of the molecule is C[C@@H]1C[C@H]([C@H](O)C(C)(C)O)O[C@H]2C1[C@@]1(C)CC[C@@]34CC35CCC(OC3CN(C(=O)c6cccnc6)CCO3)C(C)(C)[C@@H]5CC[C@H]4[C@]1(C)[C@H]2O. The van der Waals surface area contributed by atoms with Gasteiger partial charge in [0.25, 0.3) is 5.91 Å². The number of carbonyl (C=O) groups is 1. The molecule has 5 aliphatic carbocycles. The highest BCUT2D eigenvalue weighted by Gasteiger charge is 2.84. The van der Waals surface area contributed by atoms with Gasteiger partial charge in [-0.25, -0.2) is 0 Å². The number of morpholine rings is 1. The minimum absolute atomic E-state index is 0.0273. The van der Waals surface area contributed by atoms with Gasteiger partial charge in [0, 0.05) is 24.4 Å². The lowest BCUT2D eigenvalue weighted by Crippen LogP contribution is -2.60. The molecule has 0 bridgehead atoms. The van der Waals surface area contributed by atoms with Gasteiger partial charge in [0.15, 0.2) is 6.29 Å². The fourth-order valence-corrected chi connectivity index (χ4v) is 14.0. The van der Waals surface area contributed by atoms with Crippen LogP contribution in [0.3, 0.4) is 0 Å². The fourth-order valence-electron chi connectivity index (χ4n) is 14.0. The van der Waals surface area contributed by atoms with Crippen molar-refractivity contribution >= 4 is 5.91 Å². The molecule has 0 aromatic carbocycles. The number of pyridine rings is 1. The number of aliphatic hydroxyl groups is 3. The molecule has 2 spiro atoms. The van der Waals surface area contributed by atoms with Crippen LogP contribution in [0.15, 0.2) is 24.5 Å². The molecule has 1 amide bonds. The van der Waals surface area contributed by atoms with Gasteiger partial charge in [0.2, 0.25) is 0 Å². The van der Waals surface area contributed by atoms with Crippen LogP contribution in [-0.4, -0.2) is 93.2 Å². The third kappa shape index (κ3) is 4.64. The van der Waals surface area contributed by atoms with Gasteiger partial charge < -0.3 is 34.4 Å².